The summed E-state index contributed by atoms with van der Waals surface area (Å²) in [4.78, 5) is 13.1. The highest BCUT2D eigenvalue weighted by atomic mass is 79.9. The average Bonchev–Trinajstić information content (AvgIpc) is 3.01. The Morgan fingerprint density at radius 1 is 1.04 bits per heavy atom. The number of hydrogen-bond donors (Lipinski definition) is 4. The molecule has 4 N–H and O–H groups in total. The number of fused-ring (bicyclic) bond motifs is 1. The lowest BCUT2D eigenvalue weighted by Crippen LogP contribution is -2.07. The van der Waals surface area contributed by atoms with Gasteiger partial charge in [0.15, 0.2) is 17.1 Å². The second-order valence-corrected chi connectivity index (χ2v) is 7.46. The first-order valence-corrected chi connectivity index (χ1v) is 9.19. The van der Waals surface area contributed by atoms with Crippen molar-refractivity contribution in [2.45, 2.75) is 13.3 Å². The van der Waals surface area contributed by atoms with Crippen LogP contribution in [0, 0.1) is 0 Å². The van der Waals surface area contributed by atoms with E-state index in [0.29, 0.717) is 15.4 Å². The first-order chi connectivity index (χ1) is 12.2. The van der Waals surface area contributed by atoms with Crippen LogP contribution in [0.25, 0.3) is 11.0 Å². The summed E-state index contributed by atoms with van der Waals surface area (Å²) in [6, 6.07) is 2.90. The molecule has 0 aliphatic heterocycles. The van der Waals surface area contributed by atoms with Gasteiger partial charge in [0.25, 0.3) is 0 Å². The van der Waals surface area contributed by atoms with Crippen molar-refractivity contribution in [2.75, 3.05) is 0 Å². The zero-order chi connectivity index (χ0) is 19.3. The van der Waals surface area contributed by atoms with Crippen molar-refractivity contribution in [1.82, 2.24) is 0 Å². The van der Waals surface area contributed by atoms with Crippen LogP contribution in [0.1, 0.15) is 28.6 Å². The van der Waals surface area contributed by atoms with Gasteiger partial charge in [0, 0.05) is 12.0 Å². The summed E-state index contributed by atoms with van der Waals surface area (Å²) < 4.78 is 6.20. The van der Waals surface area contributed by atoms with E-state index in [1.165, 1.54) is 20.0 Å². The highest BCUT2D eigenvalue weighted by Crippen LogP contribution is 2.43. The maximum atomic E-state index is 13.1. The van der Waals surface area contributed by atoms with E-state index in [2.05, 4.69) is 31.9 Å². The van der Waals surface area contributed by atoms with Crippen LogP contribution in [0.2, 0.25) is 0 Å². The number of benzene rings is 2. The molecule has 0 amide bonds. The molecule has 1 aromatic heterocycles. The van der Waals surface area contributed by atoms with Gasteiger partial charge in [0.05, 0.1) is 19.9 Å². The molecule has 0 saturated heterocycles. The molecule has 3 aromatic rings. The van der Waals surface area contributed by atoms with Crippen molar-refractivity contribution < 1.29 is 29.6 Å². The van der Waals surface area contributed by atoms with Crippen molar-refractivity contribution in [3.8, 4) is 23.0 Å². The maximum absolute atomic E-state index is 13.1. The monoisotopic (exact) mass is 482 g/mol. The fraction of sp³-hybridized carbons (Fsp3) is 0.118. The first kappa shape index (κ1) is 18.7. The van der Waals surface area contributed by atoms with Gasteiger partial charge in [-0.3, -0.25) is 4.79 Å². The molecule has 3 rings (SSSR count). The quantitative estimate of drug-likeness (QED) is 0.197. The molecule has 2 aromatic carbocycles. The number of carbonyl (C=O) groups excluding carboxylic acids is 1. The van der Waals surface area contributed by atoms with E-state index in [0.717, 1.165) is 0 Å². The highest BCUT2D eigenvalue weighted by Gasteiger charge is 2.29. The lowest BCUT2D eigenvalue weighted by atomic mass is 9.89. The third-order valence-corrected chi connectivity index (χ3v) is 5.40. The second-order valence-electron chi connectivity index (χ2n) is 5.75. The Balaban J connectivity index is 2.36. The smallest absolute Gasteiger partial charge is 0.201 e. The predicted molar refractivity (Wildman–Crippen MR) is 106 cm³/mol. The SMILES string of the molecule is Bc1c(O)c(O)c2oc(CC)c(C(=O)c3cc(Br)c(O)c(Br)c3)c2c1O. The average molecular weight is 484 g/mol. The van der Waals surface area contributed by atoms with Crippen molar-refractivity contribution in [3.63, 3.8) is 0 Å². The zero-order valence-corrected chi connectivity index (χ0v) is 16.9. The molecule has 0 unspecified atom stereocenters. The number of ketones is 1. The number of rotatable bonds is 3. The predicted octanol–water partition coefficient (Wildman–Crippen LogP) is 2.83. The Bertz CT molecular complexity index is 1050. The number of furan rings is 1. The maximum Gasteiger partial charge on any atom is 0.201 e. The van der Waals surface area contributed by atoms with Crippen molar-refractivity contribution in [3.05, 3.63) is 38.0 Å². The molecule has 0 aliphatic rings. The molecule has 26 heavy (non-hydrogen) atoms. The van der Waals surface area contributed by atoms with Gasteiger partial charge in [-0.2, -0.15) is 0 Å². The van der Waals surface area contributed by atoms with E-state index < -0.39 is 17.3 Å². The Hall–Kier alpha value is -2.13. The molecule has 0 bridgehead atoms. The third-order valence-electron chi connectivity index (χ3n) is 4.20. The summed E-state index contributed by atoms with van der Waals surface area (Å²) in [7, 11) is 1.42. The van der Waals surface area contributed by atoms with Gasteiger partial charge in [0.1, 0.15) is 25.1 Å². The minimum atomic E-state index is -0.530. The van der Waals surface area contributed by atoms with Gasteiger partial charge in [-0.25, -0.2) is 0 Å². The molecule has 0 saturated carbocycles. The van der Waals surface area contributed by atoms with E-state index in [9.17, 15) is 25.2 Å². The number of aryl methyl sites for hydroxylation is 1. The summed E-state index contributed by atoms with van der Waals surface area (Å²) in [6.07, 6.45) is 0.328. The molecule has 134 valence electrons. The van der Waals surface area contributed by atoms with Gasteiger partial charge in [-0.1, -0.05) is 6.92 Å². The van der Waals surface area contributed by atoms with Crippen LogP contribution in [-0.2, 0) is 6.42 Å². The fourth-order valence-corrected chi connectivity index (χ4v) is 3.97. The van der Waals surface area contributed by atoms with Gasteiger partial charge in [-0.15, -0.1) is 0 Å². The van der Waals surface area contributed by atoms with Crippen LogP contribution in [0.4, 0.5) is 0 Å². The van der Waals surface area contributed by atoms with E-state index in [1.807, 2.05) is 0 Å². The van der Waals surface area contributed by atoms with Gasteiger partial charge in [-0.05, 0) is 49.5 Å². The molecular weight excluding hydrogens is 471 g/mol. The lowest BCUT2D eigenvalue weighted by molar-refractivity contribution is 0.103. The van der Waals surface area contributed by atoms with Crippen LogP contribution in [0.3, 0.4) is 0 Å². The molecule has 0 fully saturated rings. The standard InChI is InChI=1S/C17H13BBr2O6/c1-2-8-9(12(21)5-3-6(19)13(22)7(20)4-5)10-14(23)11(18)15(24)16(25)17(10)26-8/h3-4,22-25H,2,18H2,1H3. The fourth-order valence-electron chi connectivity index (χ4n) is 2.79. The van der Waals surface area contributed by atoms with E-state index in [-0.39, 0.29) is 44.8 Å². The normalized spacial score (nSPS) is 11.2. The van der Waals surface area contributed by atoms with E-state index in [4.69, 9.17) is 4.42 Å². The number of hydrogen-bond acceptors (Lipinski definition) is 6. The molecule has 1 heterocycles. The van der Waals surface area contributed by atoms with Crippen LogP contribution in [0.15, 0.2) is 25.5 Å². The minimum absolute atomic E-state index is 0.0416. The van der Waals surface area contributed by atoms with Gasteiger partial charge >= 0.3 is 0 Å². The number of phenolic OH excluding ortho intramolecular Hbond substituents is 4. The number of halogens is 2. The van der Waals surface area contributed by atoms with E-state index in [1.54, 1.807) is 6.92 Å². The molecule has 0 atom stereocenters. The number of aromatic hydroxyl groups is 4. The Morgan fingerprint density at radius 2 is 1.62 bits per heavy atom. The minimum Gasteiger partial charge on any atom is -0.508 e. The summed E-state index contributed by atoms with van der Waals surface area (Å²) >= 11 is 6.37. The van der Waals surface area contributed by atoms with Crippen LogP contribution >= 0.6 is 31.9 Å². The molecule has 9 heteroatoms. The molecule has 0 spiro atoms. The summed E-state index contributed by atoms with van der Waals surface area (Å²) in [5, 5.41) is 40.4. The van der Waals surface area contributed by atoms with Gasteiger partial charge < -0.3 is 24.8 Å². The second kappa shape index (κ2) is 6.55. The third kappa shape index (κ3) is 2.66. The van der Waals surface area contributed by atoms with Crippen molar-refractivity contribution >= 4 is 61.9 Å². The topological polar surface area (TPSA) is 111 Å². The molecule has 0 aliphatic carbocycles. The van der Waals surface area contributed by atoms with Crippen molar-refractivity contribution in [1.29, 1.82) is 0 Å². The Labute approximate surface area is 165 Å². The Kier molecular flexibility index (Phi) is 4.70. The van der Waals surface area contributed by atoms with Crippen LogP contribution < -0.4 is 5.46 Å². The van der Waals surface area contributed by atoms with Crippen LogP contribution in [-0.4, -0.2) is 34.1 Å². The summed E-state index contributed by atoms with van der Waals surface area (Å²) in [5.74, 6) is -1.60. The highest BCUT2D eigenvalue weighted by molar-refractivity contribution is 9.11. The van der Waals surface area contributed by atoms with Gasteiger partial charge in [0.2, 0.25) is 5.75 Å². The number of phenols is 4. The molecule has 6 nitrogen and oxygen atoms in total. The summed E-state index contributed by atoms with van der Waals surface area (Å²) in [6.45, 7) is 1.76. The number of carbonyl (C=O) groups is 1. The van der Waals surface area contributed by atoms with Crippen molar-refractivity contribution in [2.24, 2.45) is 0 Å². The summed E-state index contributed by atoms with van der Waals surface area (Å²) in [5.41, 5.74) is 0.231. The molecular formula is C17H13BBr2O6. The first-order valence-electron chi connectivity index (χ1n) is 7.60. The Morgan fingerprint density at radius 3 is 2.15 bits per heavy atom. The molecule has 0 radical (unpaired) electrons. The van der Waals surface area contributed by atoms with E-state index >= 15 is 0 Å². The van der Waals surface area contributed by atoms with Crippen LogP contribution in [0.5, 0.6) is 23.0 Å². The largest absolute Gasteiger partial charge is 0.508 e. The lowest BCUT2D eigenvalue weighted by Gasteiger charge is -2.08. The zero-order valence-electron chi connectivity index (χ0n) is 13.7.